The Morgan fingerprint density at radius 1 is 1.08 bits per heavy atom. The van der Waals surface area contributed by atoms with E-state index in [1.807, 2.05) is 0 Å². The lowest BCUT2D eigenvalue weighted by atomic mass is 10.0. The van der Waals surface area contributed by atoms with Gasteiger partial charge in [-0.05, 0) is 36.6 Å². The van der Waals surface area contributed by atoms with Crippen LogP contribution in [-0.4, -0.2) is 32.9 Å². The third-order valence-corrected chi connectivity index (χ3v) is 5.36. The molecular formula is C21H26N2O2. The summed E-state index contributed by atoms with van der Waals surface area (Å²) < 4.78 is 11.5. The second-order valence-electron chi connectivity index (χ2n) is 6.90. The van der Waals surface area contributed by atoms with Crippen molar-refractivity contribution in [2.24, 2.45) is 0 Å². The van der Waals surface area contributed by atoms with Gasteiger partial charge in [-0.2, -0.15) is 0 Å². The fraction of sp³-hybridized carbons (Fsp3) is 0.429. The number of anilines is 1. The number of para-hydroxylation sites is 1. The lowest BCUT2D eigenvalue weighted by molar-refractivity contribution is 0.122. The van der Waals surface area contributed by atoms with E-state index in [1.165, 1.54) is 27.9 Å². The van der Waals surface area contributed by atoms with Crippen molar-refractivity contribution in [3.63, 3.8) is 0 Å². The van der Waals surface area contributed by atoms with E-state index < -0.39 is 0 Å². The maximum Gasteiger partial charge on any atom is 0.127 e. The topological polar surface area (TPSA) is 33.7 Å². The van der Waals surface area contributed by atoms with Crippen molar-refractivity contribution < 1.29 is 9.47 Å². The predicted octanol–water partition coefficient (Wildman–Crippen LogP) is 3.36. The van der Waals surface area contributed by atoms with Gasteiger partial charge in [-0.15, -0.1) is 0 Å². The van der Waals surface area contributed by atoms with Crippen LogP contribution in [0.15, 0.2) is 36.4 Å². The number of morpholine rings is 1. The predicted molar refractivity (Wildman–Crippen MR) is 100 cm³/mol. The summed E-state index contributed by atoms with van der Waals surface area (Å²) in [7, 11) is 0. The summed E-state index contributed by atoms with van der Waals surface area (Å²) in [5.74, 6) is 1.07. The monoisotopic (exact) mass is 338 g/mol. The van der Waals surface area contributed by atoms with Crippen molar-refractivity contribution >= 4 is 5.69 Å². The van der Waals surface area contributed by atoms with Gasteiger partial charge in [0.05, 0.1) is 19.3 Å². The van der Waals surface area contributed by atoms with E-state index in [0.717, 1.165) is 38.6 Å². The van der Waals surface area contributed by atoms with Gasteiger partial charge in [-0.25, -0.2) is 0 Å². The molecule has 0 bridgehead atoms. The Balaban J connectivity index is 1.49. The maximum absolute atomic E-state index is 5.97. The molecule has 0 spiro atoms. The van der Waals surface area contributed by atoms with Crippen molar-refractivity contribution in [2.45, 2.75) is 26.4 Å². The number of fused-ring (bicyclic) bond motifs is 1. The Morgan fingerprint density at radius 3 is 2.72 bits per heavy atom. The molecule has 4 rings (SSSR count). The van der Waals surface area contributed by atoms with Crippen LogP contribution in [0.5, 0.6) is 5.75 Å². The average Bonchev–Trinajstić information content (AvgIpc) is 3.08. The Morgan fingerprint density at radius 2 is 1.88 bits per heavy atom. The van der Waals surface area contributed by atoms with Gasteiger partial charge in [0.15, 0.2) is 0 Å². The summed E-state index contributed by atoms with van der Waals surface area (Å²) in [6.07, 6.45) is 0. The largest absolute Gasteiger partial charge is 0.491 e. The SMILES string of the molecule is Cc1ccc2c(c1C)OC[C@@H]2NCc1ccccc1N1CCOCC1. The minimum Gasteiger partial charge on any atom is -0.491 e. The number of hydrogen-bond donors (Lipinski definition) is 1. The van der Waals surface area contributed by atoms with Crippen LogP contribution in [0.1, 0.15) is 28.3 Å². The number of rotatable bonds is 4. The van der Waals surface area contributed by atoms with Crippen molar-refractivity contribution in [3.05, 3.63) is 58.7 Å². The first-order valence-corrected chi connectivity index (χ1v) is 9.11. The average molecular weight is 338 g/mol. The van der Waals surface area contributed by atoms with Gasteiger partial charge >= 0.3 is 0 Å². The Bertz CT molecular complexity index is 754. The molecule has 2 heterocycles. The molecule has 2 aliphatic rings. The van der Waals surface area contributed by atoms with Crippen molar-refractivity contribution in [3.8, 4) is 5.75 Å². The van der Waals surface area contributed by atoms with Crippen molar-refractivity contribution in [1.29, 1.82) is 0 Å². The van der Waals surface area contributed by atoms with Gasteiger partial charge < -0.3 is 19.7 Å². The fourth-order valence-electron chi connectivity index (χ4n) is 3.71. The molecule has 4 nitrogen and oxygen atoms in total. The highest BCUT2D eigenvalue weighted by Crippen LogP contribution is 2.37. The second kappa shape index (κ2) is 7.06. The highest BCUT2D eigenvalue weighted by Gasteiger charge is 2.26. The zero-order valence-electron chi connectivity index (χ0n) is 15.0. The smallest absolute Gasteiger partial charge is 0.127 e. The minimum absolute atomic E-state index is 0.257. The summed E-state index contributed by atoms with van der Waals surface area (Å²) in [6.45, 7) is 9.38. The molecule has 2 aliphatic heterocycles. The van der Waals surface area contributed by atoms with Gasteiger partial charge in [0.25, 0.3) is 0 Å². The van der Waals surface area contributed by atoms with E-state index in [-0.39, 0.29) is 6.04 Å². The molecule has 1 saturated heterocycles. The molecule has 0 unspecified atom stereocenters. The summed E-state index contributed by atoms with van der Waals surface area (Å²) in [5.41, 5.74) is 6.48. The van der Waals surface area contributed by atoms with E-state index in [4.69, 9.17) is 9.47 Å². The van der Waals surface area contributed by atoms with Crippen molar-refractivity contribution in [1.82, 2.24) is 5.32 Å². The zero-order valence-corrected chi connectivity index (χ0v) is 15.0. The number of nitrogens with zero attached hydrogens (tertiary/aromatic N) is 1. The molecule has 0 amide bonds. The van der Waals surface area contributed by atoms with Gasteiger partial charge in [0.2, 0.25) is 0 Å². The molecule has 132 valence electrons. The first-order chi connectivity index (χ1) is 12.2. The first-order valence-electron chi connectivity index (χ1n) is 9.11. The number of aryl methyl sites for hydroxylation is 1. The molecule has 2 aromatic carbocycles. The summed E-state index contributed by atoms with van der Waals surface area (Å²) in [6, 6.07) is 13.3. The molecule has 25 heavy (non-hydrogen) atoms. The molecule has 4 heteroatoms. The first kappa shape index (κ1) is 16.4. The van der Waals surface area contributed by atoms with E-state index in [9.17, 15) is 0 Å². The van der Waals surface area contributed by atoms with E-state index in [1.54, 1.807) is 0 Å². The van der Waals surface area contributed by atoms with Crippen LogP contribution in [0, 0.1) is 13.8 Å². The van der Waals surface area contributed by atoms with Crippen LogP contribution in [-0.2, 0) is 11.3 Å². The number of ether oxygens (including phenoxy) is 2. The van der Waals surface area contributed by atoms with Crippen LogP contribution in [0.3, 0.4) is 0 Å². The van der Waals surface area contributed by atoms with Crippen molar-refractivity contribution in [2.75, 3.05) is 37.8 Å². The summed E-state index contributed by atoms with van der Waals surface area (Å²) in [4.78, 5) is 2.42. The second-order valence-corrected chi connectivity index (χ2v) is 6.90. The van der Waals surface area contributed by atoms with Gasteiger partial charge in [-0.1, -0.05) is 30.3 Å². The van der Waals surface area contributed by atoms with E-state index in [0.29, 0.717) is 6.61 Å². The minimum atomic E-state index is 0.257. The number of nitrogens with one attached hydrogen (secondary N) is 1. The van der Waals surface area contributed by atoms with Gasteiger partial charge in [-0.3, -0.25) is 0 Å². The standard InChI is InChI=1S/C21H26N2O2/c1-15-7-8-18-19(14-25-21(18)16(15)2)22-13-17-5-3-4-6-20(17)23-9-11-24-12-10-23/h3-8,19,22H,9-14H2,1-2H3/t19-/m0/s1. The lowest BCUT2D eigenvalue weighted by Crippen LogP contribution is -2.37. The summed E-state index contributed by atoms with van der Waals surface area (Å²) in [5, 5.41) is 3.70. The third-order valence-electron chi connectivity index (χ3n) is 5.36. The van der Waals surface area contributed by atoms with Crippen LogP contribution in [0.2, 0.25) is 0 Å². The van der Waals surface area contributed by atoms with E-state index in [2.05, 4.69) is 60.5 Å². The zero-order chi connectivity index (χ0) is 17.2. The fourth-order valence-corrected chi connectivity index (χ4v) is 3.71. The molecule has 2 aromatic rings. The maximum atomic E-state index is 5.97. The Hall–Kier alpha value is -2.04. The molecule has 0 aliphatic carbocycles. The molecule has 1 atom stereocenters. The quantitative estimate of drug-likeness (QED) is 0.927. The molecule has 0 saturated carbocycles. The highest BCUT2D eigenvalue weighted by molar-refractivity contribution is 5.54. The molecular weight excluding hydrogens is 312 g/mol. The highest BCUT2D eigenvalue weighted by atomic mass is 16.5. The summed E-state index contributed by atoms with van der Waals surface area (Å²) >= 11 is 0. The van der Waals surface area contributed by atoms with Crippen LogP contribution >= 0.6 is 0 Å². The molecule has 1 fully saturated rings. The molecule has 0 aromatic heterocycles. The number of hydrogen-bond acceptors (Lipinski definition) is 4. The van der Waals surface area contributed by atoms with Crippen LogP contribution < -0.4 is 15.0 Å². The molecule has 0 radical (unpaired) electrons. The van der Waals surface area contributed by atoms with Crippen LogP contribution in [0.4, 0.5) is 5.69 Å². The lowest BCUT2D eigenvalue weighted by Gasteiger charge is -2.31. The van der Waals surface area contributed by atoms with Gasteiger partial charge in [0, 0.05) is 30.9 Å². The van der Waals surface area contributed by atoms with Crippen LogP contribution in [0.25, 0.3) is 0 Å². The van der Waals surface area contributed by atoms with E-state index >= 15 is 0 Å². The third kappa shape index (κ3) is 3.24. The number of benzene rings is 2. The Labute approximate surface area is 149 Å². The normalized spacial score (nSPS) is 19.6. The van der Waals surface area contributed by atoms with Gasteiger partial charge in [0.1, 0.15) is 12.4 Å². The Kier molecular flexibility index (Phi) is 4.64. The molecule has 1 N–H and O–H groups in total.